The Bertz CT molecular complexity index is 1170. The van der Waals surface area contributed by atoms with Gasteiger partial charge in [-0.3, -0.25) is 14.8 Å². The van der Waals surface area contributed by atoms with E-state index in [0.717, 1.165) is 16.8 Å². The van der Waals surface area contributed by atoms with E-state index in [9.17, 15) is 4.79 Å². The van der Waals surface area contributed by atoms with Crippen molar-refractivity contribution in [3.8, 4) is 11.3 Å². The number of hydrogen-bond donors (Lipinski definition) is 0. The summed E-state index contributed by atoms with van der Waals surface area (Å²) in [6.45, 7) is 5.89. The van der Waals surface area contributed by atoms with E-state index in [-0.39, 0.29) is 5.97 Å². The van der Waals surface area contributed by atoms with Gasteiger partial charge in [0.1, 0.15) is 5.41 Å². The first-order valence-electron chi connectivity index (χ1n) is 9.86. The van der Waals surface area contributed by atoms with Gasteiger partial charge >= 0.3 is 5.97 Å². The highest BCUT2D eigenvalue weighted by Crippen LogP contribution is 2.32. The van der Waals surface area contributed by atoms with Crippen LogP contribution in [0.5, 0.6) is 0 Å². The molecule has 0 bridgehead atoms. The molecule has 3 aromatic heterocycles. The third kappa shape index (κ3) is 3.54. The van der Waals surface area contributed by atoms with Crippen molar-refractivity contribution in [2.45, 2.75) is 32.6 Å². The molecule has 0 aliphatic rings. The Morgan fingerprint density at radius 1 is 1.07 bits per heavy atom. The van der Waals surface area contributed by atoms with Crippen LogP contribution in [0.25, 0.3) is 16.9 Å². The van der Waals surface area contributed by atoms with Crippen molar-refractivity contribution in [3.63, 3.8) is 0 Å². The predicted octanol–water partition coefficient (Wildman–Crippen LogP) is 3.56. The molecule has 1 atom stereocenters. The first-order valence-corrected chi connectivity index (χ1v) is 9.86. The molecule has 4 aromatic rings. The van der Waals surface area contributed by atoms with Gasteiger partial charge in [-0.25, -0.2) is 9.50 Å². The SMILES string of the molecule is CCOC(=O)C(C)(Cc1ccccc1)c1ccnc2c(-c3cnc(C)cn3)cnn12. The number of nitrogens with zero attached hydrogens (tertiary/aromatic N) is 5. The molecule has 30 heavy (non-hydrogen) atoms. The first kappa shape index (κ1) is 19.7. The van der Waals surface area contributed by atoms with E-state index in [1.807, 2.05) is 57.2 Å². The maximum absolute atomic E-state index is 13.1. The molecule has 1 unspecified atom stereocenters. The number of hydrogen-bond acceptors (Lipinski definition) is 6. The van der Waals surface area contributed by atoms with Crippen LogP contribution in [0, 0.1) is 6.92 Å². The van der Waals surface area contributed by atoms with E-state index in [1.54, 1.807) is 29.3 Å². The quantitative estimate of drug-likeness (QED) is 0.460. The van der Waals surface area contributed by atoms with Crippen molar-refractivity contribution in [1.29, 1.82) is 0 Å². The zero-order valence-corrected chi connectivity index (χ0v) is 17.2. The fourth-order valence-corrected chi connectivity index (χ4v) is 3.58. The Hall–Kier alpha value is -3.61. The topological polar surface area (TPSA) is 82.3 Å². The van der Waals surface area contributed by atoms with Gasteiger partial charge in [-0.2, -0.15) is 5.10 Å². The Morgan fingerprint density at radius 3 is 2.57 bits per heavy atom. The average Bonchev–Trinajstić information content (AvgIpc) is 3.19. The zero-order chi connectivity index (χ0) is 21.1. The summed E-state index contributed by atoms with van der Waals surface area (Å²) in [5, 5.41) is 4.55. The minimum atomic E-state index is -0.944. The fraction of sp³-hybridized carbons (Fsp3) is 0.261. The molecule has 7 heteroatoms. The molecule has 0 aliphatic heterocycles. The van der Waals surface area contributed by atoms with Gasteiger partial charge in [-0.15, -0.1) is 0 Å². The molecule has 0 fully saturated rings. The number of rotatable bonds is 6. The van der Waals surface area contributed by atoms with Crippen LogP contribution in [-0.4, -0.2) is 37.1 Å². The highest BCUT2D eigenvalue weighted by molar-refractivity contribution is 5.83. The second-order valence-corrected chi connectivity index (χ2v) is 7.38. The van der Waals surface area contributed by atoms with Crippen LogP contribution < -0.4 is 0 Å². The minimum Gasteiger partial charge on any atom is -0.465 e. The number of esters is 1. The van der Waals surface area contributed by atoms with Crippen molar-refractivity contribution in [3.05, 3.63) is 78.1 Å². The Morgan fingerprint density at radius 2 is 1.87 bits per heavy atom. The molecule has 3 heterocycles. The van der Waals surface area contributed by atoms with E-state index < -0.39 is 5.41 Å². The number of benzene rings is 1. The molecule has 0 N–H and O–H groups in total. The van der Waals surface area contributed by atoms with Gasteiger partial charge in [0.2, 0.25) is 0 Å². The molecule has 152 valence electrons. The fourth-order valence-electron chi connectivity index (χ4n) is 3.58. The first-order chi connectivity index (χ1) is 14.5. The molecule has 1 aromatic carbocycles. The number of aromatic nitrogens is 5. The lowest BCUT2D eigenvalue weighted by Crippen LogP contribution is -2.38. The lowest BCUT2D eigenvalue weighted by molar-refractivity contribution is -0.149. The van der Waals surface area contributed by atoms with Crippen LogP contribution in [0.2, 0.25) is 0 Å². The summed E-state index contributed by atoms with van der Waals surface area (Å²) in [5.74, 6) is -0.298. The van der Waals surface area contributed by atoms with Crippen molar-refractivity contribution < 1.29 is 9.53 Å². The smallest absolute Gasteiger partial charge is 0.318 e. The monoisotopic (exact) mass is 401 g/mol. The predicted molar refractivity (Wildman–Crippen MR) is 113 cm³/mol. The zero-order valence-electron chi connectivity index (χ0n) is 17.2. The lowest BCUT2D eigenvalue weighted by Gasteiger charge is -2.28. The molecular weight excluding hydrogens is 378 g/mol. The van der Waals surface area contributed by atoms with Crippen molar-refractivity contribution in [2.75, 3.05) is 6.61 Å². The lowest BCUT2D eigenvalue weighted by atomic mass is 9.80. The van der Waals surface area contributed by atoms with Gasteiger partial charge < -0.3 is 4.74 Å². The van der Waals surface area contributed by atoms with Gasteiger partial charge in [0, 0.05) is 12.4 Å². The van der Waals surface area contributed by atoms with Gasteiger partial charge in [-0.05, 0) is 38.8 Å². The summed E-state index contributed by atoms with van der Waals surface area (Å²) < 4.78 is 7.17. The second kappa shape index (κ2) is 8.02. The maximum Gasteiger partial charge on any atom is 0.318 e. The van der Waals surface area contributed by atoms with Crippen LogP contribution in [-0.2, 0) is 21.4 Å². The van der Waals surface area contributed by atoms with E-state index >= 15 is 0 Å². The van der Waals surface area contributed by atoms with E-state index in [2.05, 4.69) is 20.1 Å². The Labute approximate surface area is 174 Å². The summed E-state index contributed by atoms with van der Waals surface area (Å²) in [5.41, 5.74) is 3.70. The van der Waals surface area contributed by atoms with Crippen LogP contribution in [0.15, 0.2) is 61.2 Å². The van der Waals surface area contributed by atoms with Crippen LogP contribution >= 0.6 is 0 Å². The van der Waals surface area contributed by atoms with E-state index in [4.69, 9.17) is 4.74 Å². The molecule has 0 amide bonds. The molecular formula is C23H23N5O2. The summed E-state index contributed by atoms with van der Waals surface area (Å²) in [4.78, 5) is 26.4. The Balaban J connectivity index is 1.85. The number of carbonyl (C=O) groups is 1. The number of fused-ring (bicyclic) bond motifs is 1. The summed E-state index contributed by atoms with van der Waals surface area (Å²) in [6.07, 6.45) is 7.29. The molecule has 0 spiro atoms. The van der Waals surface area contributed by atoms with E-state index in [0.29, 0.717) is 30.1 Å². The summed E-state index contributed by atoms with van der Waals surface area (Å²) in [6, 6.07) is 11.7. The number of carbonyl (C=O) groups excluding carboxylic acids is 1. The standard InChI is InChI=1S/C23H23N5O2/c1-4-30-22(29)23(3,12-17-8-6-5-7-9-17)20-10-11-24-21-18(14-27-28(20)21)19-15-25-16(2)13-26-19/h5-11,13-15H,4,12H2,1-3H3. The molecule has 7 nitrogen and oxygen atoms in total. The van der Waals surface area contributed by atoms with Gasteiger partial charge in [0.25, 0.3) is 0 Å². The molecule has 0 radical (unpaired) electrons. The van der Waals surface area contributed by atoms with Crippen molar-refractivity contribution in [2.24, 2.45) is 0 Å². The summed E-state index contributed by atoms with van der Waals surface area (Å²) >= 11 is 0. The third-order valence-corrected chi connectivity index (χ3v) is 5.15. The molecule has 0 saturated heterocycles. The van der Waals surface area contributed by atoms with Crippen LogP contribution in [0.1, 0.15) is 30.8 Å². The highest BCUT2D eigenvalue weighted by Gasteiger charge is 2.39. The normalized spacial score (nSPS) is 13.2. The largest absolute Gasteiger partial charge is 0.465 e. The van der Waals surface area contributed by atoms with Gasteiger partial charge in [-0.1, -0.05) is 30.3 Å². The van der Waals surface area contributed by atoms with Gasteiger partial charge in [0.15, 0.2) is 5.65 Å². The minimum absolute atomic E-state index is 0.298. The maximum atomic E-state index is 13.1. The average molecular weight is 401 g/mol. The highest BCUT2D eigenvalue weighted by atomic mass is 16.5. The van der Waals surface area contributed by atoms with Gasteiger partial charge in [0.05, 0.1) is 41.6 Å². The molecule has 0 aliphatic carbocycles. The Kier molecular flexibility index (Phi) is 5.27. The third-order valence-electron chi connectivity index (χ3n) is 5.15. The molecule has 0 saturated carbocycles. The van der Waals surface area contributed by atoms with E-state index in [1.165, 1.54) is 0 Å². The number of aryl methyl sites for hydroxylation is 1. The van der Waals surface area contributed by atoms with Crippen LogP contribution in [0.4, 0.5) is 0 Å². The number of ether oxygens (including phenoxy) is 1. The second-order valence-electron chi connectivity index (χ2n) is 7.38. The summed E-state index contributed by atoms with van der Waals surface area (Å²) in [7, 11) is 0. The van der Waals surface area contributed by atoms with Crippen molar-refractivity contribution >= 4 is 11.6 Å². The van der Waals surface area contributed by atoms with Crippen molar-refractivity contribution in [1.82, 2.24) is 24.6 Å². The molecule has 4 rings (SSSR count). The van der Waals surface area contributed by atoms with Crippen LogP contribution in [0.3, 0.4) is 0 Å².